The summed E-state index contributed by atoms with van der Waals surface area (Å²) in [5.74, 6) is 0. The lowest BCUT2D eigenvalue weighted by Crippen LogP contribution is -2.46. The summed E-state index contributed by atoms with van der Waals surface area (Å²) < 4.78 is 0. The molecule has 0 fully saturated rings. The number of hydrogen-bond acceptors (Lipinski definition) is 2. The van der Waals surface area contributed by atoms with Gasteiger partial charge in [-0.2, -0.15) is 0 Å². The molecule has 74 valence electrons. The number of aliphatic hydroxyl groups excluding tert-OH is 2. The molecular formula is C9H21O2P. The average molecular weight is 192 g/mol. The van der Waals surface area contributed by atoms with Crippen molar-refractivity contribution in [3.8, 4) is 0 Å². The van der Waals surface area contributed by atoms with Gasteiger partial charge in [0.2, 0.25) is 0 Å². The van der Waals surface area contributed by atoms with Crippen LogP contribution in [0.2, 0.25) is 0 Å². The van der Waals surface area contributed by atoms with Crippen molar-refractivity contribution in [1.82, 2.24) is 0 Å². The molecule has 0 aliphatic rings. The van der Waals surface area contributed by atoms with Crippen LogP contribution in [0.1, 0.15) is 34.1 Å². The van der Waals surface area contributed by atoms with E-state index in [9.17, 15) is 5.11 Å². The van der Waals surface area contributed by atoms with Crippen molar-refractivity contribution in [1.29, 1.82) is 0 Å². The first-order valence-electron chi connectivity index (χ1n) is 4.35. The van der Waals surface area contributed by atoms with Gasteiger partial charge in [0.05, 0.1) is 12.7 Å². The molecule has 2 nitrogen and oxygen atoms in total. The molecule has 0 aliphatic carbocycles. The molecule has 0 aromatic heterocycles. The predicted molar refractivity (Wildman–Crippen MR) is 55.3 cm³/mol. The van der Waals surface area contributed by atoms with Crippen molar-refractivity contribution < 1.29 is 10.2 Å². The first kappa shape index (κ1) is 12.3. The summed E-state index contributed by atoms with van der Waals surface area (Å²) in [7, 11) is 2.52. The molecule has 0 spiro atoms. The molecule has 0 aliphatic heterocycles. The third-order valence-electron chi connectivity index (χ3n) is 2.62. The molecule has 3 heteroatoms. The summed E-state index contributed by atoms with van der Waals surface area (Å²) in [4.78, 5) is 0. The summed E-state index contributed by atoms with van der Waals surface area (Å²) in [6.07, 6.45) is 0.406. The van der Waals surface area contributed by atoms with Crippen LogP contribution in [0, 0.1) is 5.41 Å². The quantitative estimate of drug-likeness (QED) is 0.661. The Morgan fingerprint density at radius 1 is 1.33 bits per heavy atom. The van der Waals surface area contributed by atoms with Crippen molar-refractivity contribution in [2.75, 3.05) is 6.61 Å². The van der Waals surface area contributed by atoms with E-state index in [0.29, 0.717) is 0 Å². The van der Waals surface area contributed by atoms with E-state index in [-0.39, 0.29) is 12.0 Å². The fourth-order valence-corrected chi connectivity index (χ4v) is 1.62. The Balaban J connectivity index is 4.47. The summed E-state index contributed by atoms with van der Waals surface area (Å²) in [5.41, 5.74) is -0.140. The van der Waals surface area contributed by atoms with E-state index in [1.54, 1.807) is 0 Å². The highest BCUT2D eigenvalue weighted by Crippen LogP contribution is 2.36. The van der Waals surface area contributed by atoms with E-state index in [1.165, 1.54) is 0 Å². The summed E-state index contributed by atoms with van der Waals surface area (Å²) >= 11 is 0. The molecule has 2 N–H and O–H groups in total. The lowest BCUT2D eigenvalue weighted by Gasteiger charge is -2.39. The van der Waals surface area contributed by atoms with E-state index < -0.39 is 11.3 Å². The Morgan fingerprint density at radius 2 is 1.75 bits per heavy atom. The van der Waals surface area contributed by atoms with Crippen LogP contribution in [0.3, 0.4) is 0 Å². The van der Waals surface area contributed by atoms with Gasteiger partial charge in [-0.15, -0.1) is 9.24 Å². The minimum absolute atomic E-state index is 0.0116. The fraction of sp³-hybridized carbons (Fsp3) is 1.00. The van der Waals surface area contributed by atoms with Crippen LogP contribution in [-0.2, 0) is 0 Å². The Labute approximate surface area is 77.6 Å². The molecule has 3 unspecified atom stereocenters. The fourth-order valence-electron chi connectivity index (χ4n) is 1.17. The second kappa shape index (κ2) is 4.04. The summed E-state index contributed by atoms with van der Waals surface area (Å²) in [6, 6.07) is 0. The van der Waals surface area contributed by atoms with Crippen molar-refractivity contribution in [3.05, 3.63) is 0 Å². The van der Waals surface area contributed by atoms with Crippen LogP contribution in [0.25, 0.3) is 0 Å². The Hall–Kier alpha value is 0.350. The molecule has 0 saturated carbocycles. The topological polar surface area (TPSA) is 40.5 Å². The van der Waals surface area contributed by atoms with Crippen LogP contribution in [0.5, 0.6) is 0 Å². The van der Waals surface area contributed by atoms with E-state index in [4.69, 9.17) is 5.11 Å². The largest absolute Gasteiger partial charge is 0.395 e. The maximum absolute atomic E-state index is 9.92. The number of aliphatic hydroxyl groups is 2. The molecule has 0 heterocycles. The van der Waals surface area contributed by atoms with Crippen LogP contribution >= 0.6 is 9.24 Å². The molecule has 0 rings (SSSR count). The van der Waals surface area contributed by atoms with Gasteiger partial charge in [-0.05, 0) is 11.8 Å². The SMILES string of the molecule is CCC(C)(C)C(O)C(C)(P)CO. The summed E-state index contributed by atoms with van der Waals surface area (Å²) in [6.45, 7) is 7.90. The highest BCUT2D eigenvalue weighted by molar-refractivity contribution is 7.19. The van der Waals surface area contributed by atoms with Crippen molar-refractivity contribution in [3.63, 3.8) is 0 Å². The minimum Gasteiger partial charge on any atom is -0.395 e. The smallest absolute Gasteiger partial charge is 0.0700 e. The average Bonchev–Trinajstić information content (AvgIpc) is 2.03. The third-order valence-corrected chi connectivity index (χ3v) is 3.12. The van der Waals surface area contributed by atoms with Gasteiger partial charge in [0.15, 0.2) is 0 Å². The monoisotopic (exact) mass is 192 g/mol. The van der Waals surface area contributed by atoms with E-state index in [1.807, 2.05) is 27.7 Å². The molecular weight excluding hydrogens is 171 g/mol. The highest BCUT2D eigenvalue weighted by Gasteiger charge is 2.37. The van der Waals surface area contributed by atoms with E-state index in [0.717, 1.165) is 6.42 Å². The zero-order valence-electron chi connectivity index (χ0n) is 8.46. The van der Waals surface area contributed by atoms with Gasteiger partial charge in [-0.25, -0.2) is 0 Å². The maximum atomic E-state index is 9.92. The van der Waals surface area contributed by atoms with Crippen LogP contribution in [0.4, 0.5) is 0 Å². The lowest BCUT2D eigenvalue weighted by molar-refractivity contribution is 0.00176. The van der Waals surface area contributed by atoms with Crippen molar-refractivity contribution in [2.24, 2.45) is 5.41 Å². The zero-order chi connectivity index (χ0) is 9.99. The molecule has 0 radical (unpaired) electrons. The van der Waals surface area contributed by atoms with Gasteiger partial charge in [0.1, 0.15) is 0 Å². The number of hydrogen-bond donors (Lipinski definition) is 2. The predicted octanol–water partition coefficient (Wildman–Crippen LogP) is 1.41. The number of rotatable bonds is 4. The molecule has 12 heavy (non-hydrogen) atoms. The van der Waals surface area contributed by atoms with Gasteiger partial charge in [-0.3, -0.25) is 0 Å². The third kappa shape index (κ3) is 2.69. The first-order chi connectivity index (χ1) is 5.28. The van der Waals surface area contributed by atoms with Crippen molar-refractivity contribution >= 4 is 9.24 Å². The summed E-state index contributed by atoms with van der Waals surface area (Å²) in [5, 5.41) is 18.5. The molecule has 3 atom stereocenters. The normalized spacial score (nSPS) is 20.2. The zero-order valence-corrected chi connectivity index (χ0v) is 9.62. The van der Waals surface area contributed by atoms with Crippen molar-refractivity contribution in [2.45, 2.75) is 45.4 Å². The van der Waals surface area contributed by atoms with Gasteiger partial charge in [-0.1, -0.05) is 27.7 Å². The first-order valence-corrected chi connectivity index (χ1v) is 4.93. The lowest BCUT2D eigenvalue weighted by atomic mass is 9.78. The van der Waals surface area contributed by atoms with Crippen LogP contribution < -0.4 is 0 Å². The van der Waals surface area contributed by atoms with Gasteiger partial charge < -0.3 is 10.2 Å². The second-order valence-electron chi connectivity index (χ2n) is 4.41. The van der Waals surface area contributed by atoms with E-state index >= 15 is 0 Å². The van der Waals surface area contributed by atoms with Crippen LogP contribution in [0.15, 0.2) is 0 Å². The Kier molecular flexibility index (Phi) is 4.16. The Morgan fingerprint density at radius 3 is 2.00 bits per heavy atom. The Bertz CT molecular complexity index is 127. The molecule has 0 amide bonds. The highest BCUT2D eigenvalue weighted by atomic mass is 31.0. The minimum atomic E-state index is -0.495. The van der Waals surface area contributed by atoms with Gasteiger partial charge in [0, 0.05) is 5.16 Å². The second-order valence-corrected chi connectivity index (χ2v) is 5.73. The van der Waals surface area contributed by atoms with Gasteiger partial charge in [0.25, 0.3) is 0 Å². The maximum Gasteiger partial charge on any atom is 0.0700 e. The standard InChI is InChI=1S/C9H21O2P/c1-5-8(2,3)7(11)9(4,12)6-10/h7,10-11H,5-6,12H2,1-4H3. The van der Waals surface area contributed by atoms with Crippen LogP contribution in [-0.4, -0.2) is 28.1 Å². The molecule has 0 bridgehead atoms. The molecule has 0 saturated heterocycles. The van der Waals surface area contributed by atoms with E-state index in [2.05, 4.69) is 9.24 Å². The molecule has 0 aromatic carbocycles. The van der Waals surface area contributed by atoms with Gasteiger partial charge >= 0.3 is 0 Å². The molecule has 0 aromatic rings.